The molecule has 0 bridgehead atoms. The van der Waals surface area contributed by atoms with Gasteiger partial charge in [-0.05, 0) is 74.7 Å². The van der Waals surface area contributed by atoms with Gasteiger partial charge in [0, 0.05) is 0 Å². The average molecular weight is 395 g/mol. The van der Waals surface area contributed by atoms with Crippen LogP contribution in [0, 0.1) is 11.7 Å². The smallest absolute Gasteiger partial charge is 0.145 e. The highest BCUT2D eigenvalue weighted by molar-refractivity contribution is 5.83. The van der Waals surface area contributed by atoms with Crippen LogP contribution in [0.25, 0.3) is 11.0 Å². The Morgan fingerprint density at radius 2 is 1.90 bits per heavy atom. The molecular weight excluding hydrogens is 369 g/mol. The molecule has 0 aliphatic carbocycles. The SMILES string of the molecule is Fc1ccc(OCCC2CCN(Cc3nc4cccc5c4n3CCO5)CC2)cc1. The predicted octanol–water partition coefficient (Wildman–Crippen LogP) is 4.25. The molecule has 0 amide bonds. The summed E-state index contributed by atoms with van der Waals surface area (Å²) in [5.74, 6) is 3.30. The average Bonchev–Trinajstić information content (AvgIpc) is 3.10. The lowest BCUT2D eigenvalue weighted by Gasteiger charge is -2.32. The third kappa shape index (κ3) is 3.94. The fourth-order valence-corrected chi connectivity index (χ4v) is 4.43. The van der Waals surface area contributed by atoms with Gasteiger partial charge in [0.25, 0.3) is 0 Å². The summed E-state index contributed by atoms with van der Waals surface area (Å²) in [5.41, 5.74) is 2.17. The minimum absolute atomic E-state index is 0.229. The number of likely N-dealkylation sites (tertiary alicyclic amines) is 1. The molecule has 2 aliphatic rings. The molecule has 6 heteroatoms. The number of hydrogen-bond donors (Lipinski definition) is 0. The van der Waals surface area contributed by atoms with E-state index in [9.17, 15) is 4.39 Å². The maximum atomic E-state index is 13.0. The number of halogens is 1. The van der Waals surface area contributed by atoms with Crippen LogP contribution in [0.5, 0.6) is 11.5 Å². The Morgan fingerprint density at radius 1 is 1.07 bits per heavy atom. The van der Waals surface area contributed by atoms with Crippen molar-refractivity contribution in [3.8, 4) is 11.5 Å². The summed E-state index contributed by atoms with van der Waals surface area (Å²) in [4.78, 5) is 7.39. The molecule has 1 aromatic heterocycles. The van der Waals surface area contributed by atoms with Crippen molar-refractivity contribution in [3.63, 3.8) is 0 Å². The van der Waals surface area contributed by atoms with Crippen molar-refractivity contribution in [1.82, 2.24) is 14.5 Å². The molecule has 3 aromatic rings. The minimum Gasteiger partial charge on any atom is -0.494 e. The van der Waals surface area contributed by atoms with E-state index in [1.54, 1.807) is 12.1 Å². The van der Waals surface area contributed by atoms with Crippen LogP contribution >= 0.6 is 0 Å². The highest BCUT2D eigenvalue weighted by atomic mass is 19.1. The summed E-state index contributed by atoms with van der Waals surface area (Å²) in [6.07, 6.45) is 3.41. The summed E-state index contributed by atoms with van der Waals surface area (Å²) in [6.45, 7) is 5.36. The van der Waals surface area contributed by atoms with Crippen LogP contribution in [0.4, 0.5) is 4.39 Å². The molecule has 0 N–H and O–H groups in total. The van der Waals surface area contributed by atoms with Crippen LogP contribution in [-0.2, 0) is 13.1 Å². The van der Waals surface area contributed by atoms with Gasteiger partial charge in [-0.25, -0.2) is 9.37 Å². The number of hydrogen-bond acceptors (Lipinski definition) is 4. The Balaban J connectivity index is 1.13. The van der Waals surface area contributed by atoms with E-state index < -0.39 is 0 Å². The predicted molar refractivity (Wildman–Crippen MR) is 110 cm³/mol. The third-order valence-corrected chi connectivity index (χ3v) is 6.06. The number of ether oxygens (including phenoxy) is 2. The molecule has 29 heavy (non-hydrogen) atoms. The Kier molecular flexibility index (Phi) is 5.10. The second-order valence-corrected chi connectivity index (χ2v) is 7.96. The Morgan fingerprint density at radius 3 is 2.72 bits per heavy atom. The van der Waals surface area contributed by atoms with E-state index in [0.717, 1.165) is 61.0 Å². The standard InChI is InChI=1S/C23H26FN3O2/c24-18-4-6-19(7-5-18)28-14-10-17-8-11-26(12-9-17)16-22-25-20-2-1-3-21-23(20)27(22)13-15-29-21/h1-7,17H,8-16H2. The highest BCUT2D eigenvalue weighted by Gasteiger charge is 2.23. The van der Waals surface area contributed by atoms with Gasteiger partial charge in [-0.3, -0.25) is 4.90 Å². The van der Waals surface area contributed by atoms with Crippen LogP contribution in [0.2, 0.25) is 0 Å². The molecule has 0 radical (unpaired) electrons. The molecule has 1 fully saturated rings. The molecule has 0 atom stereocenters. The van der Waals surface area contributed by atoms with Gasteiger partial charge in [-0.1, -0.05) is 6.07 Å². The fraction of sp³-hybridized carbons (Fsp3) is 0.435. The molecule has 5 rings (SSSR count). The molecule has 0 unspecified atom stereocenters. The van der Waals surface area contributed by atoms with Gasteiger partial charge in [0.1, 0.15) is 35.3 Å². The van der Waals surface area contributed by atoms with E-state index in [-0.39, 0.29) is 5.82 Å². The Bertz CT molecular complexity index is 978. The summed E-state index contributed by atoms with van der Waals surface area (Å²) in [6, 6.07) is 12.4. The van der Waals surface area contributed by atoms with E-state index in [4.69, 9.17) is 14.5 Å². The first kappa shape index (κ1) is 18.4. The van der Waals surface area contributed by atoms with Gasteiger partial charge in [-0.2, -0.15) is 0 Å². The van der Waals surface area contributed by atoms with E-state index in [1.807, 2.05) is 12.1 Å². The number of benzene rings is 2. The van der Waals surface area contributed by atoms with E-state index >= 15 is 0 Å². The zero-order valence-electron chi connectivity index (χ0n) is 16.5. The lowest BCUT2D eigenvalue weighted by atomic mass is 9.94. The first-order valence-corrected chi connectivity index (χ1v) is 10.5. The molecule has 1 saturated heterocycles. The third-order valence-electron chi connectivity index (χ3n) is 6.06. The molecule has 0 saturated carbocycles. The molecular formula is C23H26FN3O2. The van der Waals surface area contributed by atoms with Crippen LogP contribution in [-0.4, -0.2) is 40.8 Å². The van der Waals surface area contributed by atoms with Crippen molar-refractivity contribution in [2.24, 2.45) is 5.92 Å². The topological polar surface area (TPSA) is 39.5 Å². The van der Waals surface area contributed by atoms with Crippen molar-refractivity contribution in [2.45, 2.75) is 32.4 Å². The largest absolute Gasteiger partial charge is 0.494 e. The van der Waals surface area contributed by atoms with Crippen molar-refractivity contribution in [2.75, 3.05) is 26.3 Å². The van der Waals surface area contributed by atoms with Gasteiger partial charge in [-0.15, -0.1) is 0 Å². The summed E-state index contributed by atoms with van der Waals surface area (Å²) in [7, 11) is 0. The van der Waals surface area contributed by atoms with E-state index in [1.165, 1.54) is 25.0 Å². The maximum Gasteiger partial charge on any atom is 0.145 e. The van der Waals surface area contributed by atoms with Gasteiger partial charge in [0.15, 0.2) is 0 Å². The van der Waals surface area contributed by atoms with Gasteiger partial charge in [0.2, 0.25) is 0 Å². The van der Waals surface area contributed by atoms with Crippen LogP contribution < -0.4 is 9.47 Å². The molecule has 5 nitrogen and oxygen atoms in total. The number of nitrogens with zero attached hydrogens (tertiary/aromatic N) is 3. The fourth-order valence-electron chi connectivity index (χ4n) is 4.43. The van der Waals surface area contributed by atoms with E-state index in [2.05, 4.69) is 15.5 Å². The van der Waals surface area contributed by atoms with Crippen molar-refractivity contribution < 1.29 is 13.9 Å². The molecule has 0 spiro atoms. The molecule has 2 aliphatic heterocycles. The van der Waals surface area contributed by atoms with E-state index in [0.29, 0.717) is 19.1 Å². The number of piperidine rings is 1. The lowest BCUT2D eigenvalue weighted by Crippen LogP contribution is -2.34. The second-order valence-electron chi connectivity index (χ2n) is 7.96. The first-order valence-electron chi connectivity index (χ1n) is 10.5. The quantitative estimate of drug-likeness (QED) is 0.626. The zero-order valence-corrected chi connectivity index (χ0v) is 16.5. The number of para-hydroxylation sites is 1. The summed E-state index contributed by atoms with van der Waals surface area (Å²) in [5, 5.41) is 0. The minimum atomic E-state index is -0.229. The van der Waals surface area contributed by atoms with Gasteiger partial charge < -0.3 is 14.0 Å². The summed E-state index contributed by atoms with van der Waals surface area (Å²) < 4.78 is 26.8. The maximum absolute atomic E-state index is 13.0. The normalized spacial score (nSPS) is 17.4. The number of rotatable bonds is 6. The Hall–Kier alpha value is -2.60. The molecule has 152 valence electrons. The van der Waals surface area contributed by atoms with Gasteiger partial charge in [0.05, 0.1) is 25.2 Å². The molecule has 3 heterocycles. The van der Waals surface area contributed by atoms with Crippen LogP contribution in [0.15, 0.2) is 42.5 Å². The van der Waals surface area contributed by atoms with Crippen LogP contribution in [0.1, 0.15) is 25.1 Å². The monoisotopic (exact) mass is 395 g/mol. The zero-order chi connectivity index (χ0) is 19.6. The van der Waals surface area contributed by atoms with Crippen molar-refractivity contribution >= 4 is 11.0 Å². The number of imidazole rings is 1. The molecule has 2 aromatic carbocycles. The van der Waals surface area contributed by atoms with Crippen LogP contribution in [0.3, 0.4) is 0 Å². The first-order chi connectivity index (χ1) is 14.3. The van der Waals surface area contributed by atoms with Crippen molar-refractivity contribution in [3.05, 3.63) is 54.1 Å². The second kappa shape index (κ2) is 8.03. The lowest BCUT2D eigenvalue weighted by molar-refractivity contribution is 0.153. The Labute approximate surface area is 170 Å². The number of aromatic nitrogens is 2. The highest BCUT2D eigenvalue weighted by Crippen LogP contribution is 2.30. The van der Waals surface area contributed by atoms with Crippen molar-refractivity contribution in [1.29, 1.82) is 0 Å². The van der Waals surface area contributed by atoms with Gasteiger partial charge >= 0.3 is 0 Å². The summed E-state index contributed by atoms with van der Waals surface area (Å²) >= 11 is 0.